The fourth-order valence-corrected chi connectivity index (χ4v) is 4.27. The Kier molecular flexibility index (Phi) is 3.37. The molecule has 4 heteroatoms. The number of rotatable bonds is 4. The Labute approximate surface area is 121 Å². The van der Waals surface area contributed by atoms with E-state index in [1.807, 2.05) is 0 Å². The van der Waals surface area contributed by atoms with Crippen molar-refractivity contribution < 1.29 is 9.53 Å². The first-order valence-corrected chi connectivity index (χ1v) is 8.08. The first-order chi connectivity index (χ1) is 9.39. The molecule has 1 amide bonds. The molecule has 2 aliphatic carbocycles. The van der Waals surface area contributed by atoms with Crippen LogP contribution in [0.3, 0.4) is 0 Å². The summed E-state index contributed by atoms with van der Waals surface area (Å²) < 4.78 is 5.85. The molecule has 2 saturated carbocycles. The zero-order chi connectivity index (χ0) is 14.5. The van der Waals surface area contributed by atoms with Crippen LogP contribution in [-0.4, -0.2) is 30.7 Å². The van der Waals surface area contributed by atoms with E-state index < -0.39 is 5.54 Å². The second-order valence-corrected chi connectivity index (χ2v) is 7.66. The van der Waals surface area contributed by atoms with E-state index >= 15 is 0 Å². The van der Waals surface area contributed by atoms with Gasteiger partial charge in [-0.25, -0.2) is 0 Å². The number of hydrogen-bond donors (Lipinski definition) is 2. The second-order valence-electron chi connectivity index (χ2n) is 7.66. The van der Waals surface area contributed by atoms with Gasteiger partial charge in [-0.3, -0.25) is 4.79 Å². The van der Waals surface area contributed by atoms with Gasteiger partial charge in [0.15, 0.2) is 0 Å². The quantitative estimate of drug-likeness (QED) is 0.823. The van der Waals surface area contributed by atoms with Gasteiger partial charge in [0.1, 0.15) is 5.54 Å². The molecule has 4 atom stereocenters. The highest BCUT2D eigenvalue weighted by atomic mass is 16.5. The molecule has 1 saturated heterocycles. The molecule has 20 heavy (non-hydrogen) atoms. The van der Waals surface area contributed by atoms with Gasteiger partial charge in [-0.2, -0.15) is 0 Å². The van der Waals surface area contributed by atoms with Crippen LogP contribution in [0, 0.1) is 23.2 Å². The van der Waals surface area contributed by atoms with Gasteiger partial charge >= 0.3 is 0 Å². The van der Waals surface area contributed by atoms with E-state index in [1.54, 1.807) is 0 Å². The smallest absolute Gasteiger partial charge is 0.241 e. The number of amides is 1. The summed E-state index contributed by atoms with van der Waals surface area (Å²) in [7, 11) is 0. The third kappa shape index (κ3) is 1.92. The van der Waals surface area contributed by atoms with Crippen molar-refractivity contribution in [2.75, 3.05) is 13.2 Å². The highest BCUT2D eigenvalue weighted by Crippen LogP contribution is 2.57. The molecule has 0 aromatic rings. The van der Waals surface area contributed by atoms with Gasteiger partial charge < -0.3 is 15.8 Å². The van der Waals surface area contributed by atoms with Gasteiger partial charge in [-0.1, -0.05) is 20.8 Å². The minimum atomic E-state index is -0.763. The van der Waals surface area contributed by atoms with Crippen LogP contribution >= 0.6 is 0 Å². The minimum Gasteiger partial charge on any atom is -0.377 e. The Morgan fingerprint density at radius 3 is 2.75 bits per heavy atom. The molecule has 0 spiro atoms. The zero-order valence-corrected chi connectivity index (χ0v) is 12.9. The Hall–Kier alpha value is -0.610. The van der Waals surface area contributed by atoms with Crippen molar-refractivity contribution >= 4 is 5.91 Å². The number of nitrogens with one attached hydrogen (secondary N) is 1. The zero-order valence-electron chi connectivity index (χ0n) is 12.9. The van der Waals surface area contributed by atoms with Gasteiger partial charge in [0.2, 0.25) is 5.91 Å². The van der Waals surface area contributed by atoms with E-state index in [2.05, 4.69) is 26.1 Å². The van der Waals surface area contributed by atoms with Crippen LogP contribution in [-0.2, 0) is 9.53 Å². The van der Waals surface area contributed by atoms with Crippen LogP contribution in [0.5, 0.6) is 0 Å². The summed E-state index contributed by atoms with van der Waals surface area (Å²) in [6.07, 6.45) is 4.80. The summed E-state index contributed by atoms with van der Waals surface area (Å²) in [4.78, 5) is 12.7. The van der Waals surface area contributed by atoms with Crippen molar-refractivity contribution in [3.63, 3.8) is 0 Å². The summed E-state index contributed by atoms with van der Waals surface area (Å²) in [5, 5.41) is 3.12. The lowest BCUT2D eigenvalue weighted by Gasteiger charge is -2.65. The van der Waals surface area contributed by atoms with Crippen molar-refractivity contribution in [3.05, 3.63) is 0 Å². The minimum absolute atomic E-state index is 0.0294. The molecular weight excluding hydrogens is 252 g/mol. The molecular formula is C16H28N2O2. The Balaban J connectivity index is 1.65. The number of fused-ring (bicyclic) bond motifs is 1. The van der Waals surface area contributed by atoms with Gasteiger partial charge in [0.25, 0.3) is 0 Å². The summed E-state index contributed by atoms with van der Waals surface area (Å²) in [5.74, 6) is 1.59. The van der Waals surface area contributed by atoms with Crippen LogP contribution in [0.25, 0.3) is 0 Å². The molecule has 3 fully saturated rings. The van der Waals surface area contributed by atoms with Crippen molar-refractivity contribution in [1.82, 2.24) is 5.32 Å². The summed E-state index contributed by atoms with van der Waals surface area (Å²) >= 11 is 0. The molecule has 0 aromatic heterocycles. The predicted octanol–water partition coefficient (Wildman–Crippen LogP) is 1.68. The van der Waals surface area contributed by atoms with Crippen molar-refractivity contribution in [3.8, 4) is 0 Å². The molecule has 0 radical (unpaired) electrons. The van der Waals surface area contributed by atoms with Gasteiger partial charge in [-0.15, -0.1) is 0 Å². The maximum atomic E-state index is 12.7. The molecule has 3 N–H and O–H groups in total. The first kappa shape index (κ1) is 14.3. The molecule has 3 rings (SSSR count). The number of nitrogens with two attached hydrogens (primary N) is 1. The normalized spacial score (nSPS) is 40.4. The standard InChI is InChI=1S/C16H28N2O2/c1-10(11-6-7-11)9-18-14(19)16(17)12-5-4-8-20-13(12)15(16,2)3/h10-13H,4-9,17H2,1-3H3,(H,18,19). The molecule has 0 bridgehead atoms. The monoisotopic (exact) mass is 280 g/mol. The van der Waals surface area contributed by atoms with Crippen LogP contribution in [0.15, 0.2) is 0 Å². The van der Waals surface area contributed by atoms with Crippen LogP contribution < -0.4 is 11.1 Å². The van der Waals surface area contributed by atoms with E-state index in [0.717, 1.165) is 31.9 Å². The third-order valence-corrected chi connectivity index (χ3v) is 6.07. The molecule has 4 nitrogen and oxygen atoms in total. The first-order valence-electron chi connectivity index (χ1n) is 8.08. The average Bonchev–Trinajstić information content (AvgIpc) is 3.28. The molecule has 0 aromatic carbocycles. The van der Waals surface area contributed by atoms with Gasteiger partial charge in [0, 0.05) is 24.5 Å². The van der Waals surface area contributed by atoms with E-state index in [9.17, 15) is 4.79 Å². The topological polar surface area (TPSA) is 64.4 Å². The third-order valence-electron chi connectivity index (χ3n) is 6.07. The Morgan fingerprint density at radius 1 is 1.40 bits per heavy atom. The largest absolute Gasteiger partial charge is 0.377 e. The van der Waals surface area contributed by atoms with Crippen molar-refractivity contribution in [2.24, 2.45) is 28.9 Å². The molecule has 3 aliphatic rings. The molecule has 1 aliphatic heterocycles. The fraction of sp³-hybridized carbons (Fsp3) is 0.938. The van der Waals surface area contributed by atoms with E-state index in [0.29, 0.717) is 5.92 Å². The highest BCUT2D eigenvalue weighted by Gasteiger charge is 2.70. The molecule has 4 unspecified atom stereocenters. The van der Waals surface area contributed by atoms with Gasteiger partial charge in [0.05, 0.1) is 6.10 Å². The number of ether oxygens (including phenoxy) is 1. The lowest BCUT2D eigenvalue weighted by Crippen LogP contribution is -2.82. The summed E-state index contributed by atoms with van der Waals surface area (Å²) in [5.41, 5.74) is 5.53. The maximum absolute atomic E-state index is 12.7. The predicted molar refractivity (Wildman–Crippen MR) is 78.1 cm³/mol. The van der Waals surface area contributed by atoms with E-state index in [-0.39, 0.29) is 23.3 Å². The van der Waals surface area contributed by atoms with Crippen molar-refractivity contribution in [2.45, 2.75) is 58.1 Å². The molecule has 114 valence electrons. The van der Waals surface area contributed by atoms with Crippen LogP contribution in [0.4, 0.5) is 0 Å². The van der Waals surface area contributed by atoms with E-state index in [4.69, 9.17) is 10.5 Å². The number of hydrogen-bond acceptors (Lipinski definition) is 3. The molecule has 1 heterocycles. The maximum Gasteiger partial charge on any atom is 0.241 e. The van der Waals surface area contributed by atoms with Crippen LogP contribution in [0.1, 0.15) is 46.5 Å². The summed E-state index contributed by atoms with van der Waals surface area (Å²) in [6.45, 7) is 7.93. The summed E-state index contributed by atoms with van der Waals surface area (Å²) in [6, 6.07) is 0. The lowest BCUT2D eigenvalue weighted by atomic mass is 9.46. The number of carbonyl (C=O) groups excluding carboxylic acids is 1. The van der Waals surface area contributed by atoms with Crippen LogP contribution in [0.2, 0.25) is 0 Å². The SMILES string of the molecule is CC(CNC(=O)C1(N)C2CCCOC2C1(C)C)C1CC1. The lowest BCUT2D eigenvalue weighted by molar-refractivity contribution is -0.225. The second kappa shape index (κ2) is 4.70. The fourth-order valence-electron chi connectivity index (χ4n) is 4.27. The average molecular weight is 280 g/mol. The van der Waals surface area contributed by atoms with Crippen molar-refractivity contribution in [1.29, 1.82) is 0 Å². The Morgan fingerprint density at radius 2 is 2.10 bits per heavy atom. The van der Waals surface area contributed by atoms with E-state index in [1.165, 1.54) is 12.8 Å². The highest BCUT2D eigenvalue weighted by molar-refractivity contribution is 5.89. The van der Waals surface area contributed by atoms with Gasteiger partial charge in [-0.05, 0) is 37.5 Å². The number of carbonyl (C=O) groups is 1. The Bertz CT molecular complexity index is 405.